The first-order valence-corrected chi connectivity index (χ1v) is 5.05. The van der Waals surface area contributed by atoms with E-state index in [1.54, 1.807) is 0 Å². The SMILES string of the molecule is O=C(O)Cc1nnc(N2CCCCC2)o1. The van der Waals surface area contributed by atoms with Crippen LogP contribution in [0.5, 0.6) is 0 Å². The zero-order valence-corrected chi connectivity index (χ0v) is 8.35. The molecule has 0 saturated carbocycles. The molecule has 0 aromatic carbocycles. The van der Waals surface area contributed by atoms with Gasteiger partial charge in [-0.3, -0.25) is 4.79 Å². The highest BCUT2D eigenvalue weighted by Crippen LogP contribution is 2.18. The summed E-state index contributed by atoms with van der Waals surface area (Å²) in [7, 11) is 0. The Morgan fingerprint density at radius 2 is 2.07 bits per heavy atom. The van der Waals surface area contributed by atoms with Crippen molar-refractivity contribution in [2.45, 2.75) is 25.7 Å². The van der Waals surface area contributed by atoms with Gasteiger partial charge in [0.1, 0.15) is 6.42 Å². The number of rotatable bonds is 3. The van der Waals surface area contributed by atoms with E-state index in [-0.39, 0.29) is 12.3 Å². The van der Waals surface area contributed by atoms with Gasteiger partial charge in [0.2, 0.25) is 5.89 Å². The van der Waals surface area contributed by atoms with Crippen molar-refractivity contribution in [3.05, 3.63) is 5.89 Å². The maximum absolute atomic E-state index is 10.4. The van der Waals surface area contributed by atoms with E-state index in [9.17, 15) is 4.79 Å². The molecule has 1 saturated heterocycles. The molecule has 0 unspecified atom stereocenters. The van der Waals surface area contributed by atoms with Crippen molar-refractivity contribution in [2.24, 2.45) is 0 Å². The Bertz CT molecular complexity index is 344. The summed E-state index contributed by atoms with van der Waals surface area (Å²) in [5.74, 6) is -0.785. The molecule has 0 spiro atoms. The lowest BCUT2D eigenvalue weighted by atomic mass is 10.1. The average molecular weight is 211 g/mol. The molecular weight excluding hydrogens is 198 g/mol. The number of anilines is 1. The molecule has 0 aliphatic carbocycles. The van der Waals surface area contributed by atoms with E-state index < -0.39 is 5.97 Å². The molecule has 0 bridgehead atoms. The van der Waals surface area contributed by atoms with Crippen molar-refractivity contribution in [2.75, 3.05) is 18.0 Å². The molecule has 15 heavy (non-hydrogen) atoms. The Kier molecular flexibility index (Phi) is 2.84. The van der Waals surface area contributed by atoms with Gasteiger partial charge in [-0.1, -0.05) is 5.10 Å². The van der Waals surface area contributed by atoms with E-state index in [1.807, 2.05) is 4.90 Å². The van der Waals surface area contributed by atoms with Gasteiger partial charge in [0.25, 0.3) is 0 Å². The molecule has 0 radical (unpaired) electrons. The average Bonchev–Trinajstić information content (AvgIpc) is 2.67. The number of hydrogen-bond acceptors (Lipinski definition) is 5. The van der Waals surface area contributed by atoms with Crippen molar-refractivity contribution < 1.29 is 14.3 Å². The number of aliphatic carboxylic acids is 1. The van der Waals surface area contributed by atoms with Crippen molar-refractivity contribution in [1.82, 2.24) is 10.2 Å². The van der Waals surface area contributed by atoms with Gasteiger partial charge in [0, 0.05) is 13.1 Å². The van der Waals surface area contributed by atoms with E-state index in [1.165, 1.54) is 6.42 Å². The van der Waals surface area contributed by atoms with Crippen LogP contribution in [0, 0.1) is 0 Å². The molecule has 2 rings (SSSR count). The maximum Gasteiger partial charge on any atom is 0.318 e. The van der Waals surface area contributed by atoms with Gasteiger partial charge in [-0.05, 0) is 19.3 Å². The largest absolute Gasteiger partial charge is 0.481 e. The van der Waals surface area contributed by atoms with Crippen LogP contribution in [0.4, 0.5) is 6.01 Å². The van der Waals surface area contributed by atoms with Crippen LogP contribution in [-0.4, -0.2) is 34.4 Å². The van der Waals surface area contributed by atoms with Crippen LogP contribution >= 0.6 is 0 Å². The smallest absolute Gasteiger partial charge is 0.318 e. The minimum absolute atomic E-state index is 0.170. The highest BCUT2D eigenvalue weighted by atomic mass is 16.4. The molecule has 1 aromatic rings. The fraction of sp³-hybridized carbons (Fsp3) is 0.667. The topological polar surface area (TPSA) is 79.5 Å². The lowest BCUT2D eigenvalue weighted by molar-refractivity contribution is -0.136. The molecule has 0 amide bonds. The summed E-state index contributed by atoms with van der Waals surface area (Å²) in [6.45, 7) is 1.82. The first-order valence-electron chi connectivity index (χ1n) is 5.05. The number of hydrogen-bond donors (Lipinski definition) is 1. The number of carboxylic acids is 1. The Hall–Kier alpha value is -1.59. The van der Waals surface area contributed by atoms with Gasteiger partial charge in [-0.15, -0.1) is 5.10 Å². The summed E-state index contributed by atoms with van der Waals surface area (Å²) in [5, 5.41) is 16.1. The first kappa shape index (κ1) is 9.95. The number of carboxylic acid groups (broad SMARTS) is 1. The van der Waals surface area contributed by atoms with Crippen LogP contribution in [0.15, 0.2) is 4.42 Å². The zero-order valence-electron chi connectivity index (χ0n) is 8.35. The second kappa shape index (κ2) is 4.29. The Labute approximate surface area is 86.9 Å². The molecule has 2 heterocycles. The Balaban J connectivity index is 2.02. The van der Waals surface area contributed by atoms with Gasteiger partial charge >= 0.3 is 12.0 Å². The maximum atomic E-state index is 10.4. The highest BCUT2D eigenvalue weighted by molar-refractivity contribution is 5.68. The van der Waals surface area contributed by atoms with Crippen molar-refractivity contribution in [3.8, 4) is 0 Å². The molecule has 1 aliphatic rings. The quantitative estimate of drug-likeness (QED) is 0.792. The highest BCUT2D eigenvalue weighted by Gasteiger charge is 2.17. The summed E-state index contributed by atoms with van der Waals surface area (Å²) in [6, 6.07) is 0.450. The van der Waals surface area contributed by atoms with Crippen LogP contribution in [0.3, 0.4) is 0 Å². The van der Waals surface area contributed by atoms with Gasteiger partial charge in [-0.2, -0.15) is 0 Å². The van der Waals surface area contributed by atoms with E-state index in [4.69, 9.17) is 9.52 Å². The summed E-state index contributed by atoms with van der Waals surface area (Å²) in [6.07, 6.45) is 3.26. The van der Waals surface area contributed by atoms with Gasteiger partial charge < -0.3 is 14.4 Å². The minimum Gasteiger partial charge on any atom is -0.481 e. The predicted molar refractivity (Wildman–Crippen MR) is 51.7 cm³/mol. The summed E-state index contributed by atoms with van der Waals surface area (Å²) in [5.41, 5.74) is 0. The summed E-state index contributed by atoms with van der Waals surface area (Å²) < 4.78 is 5.26. The normalized spacial score (nSPS) is 16.7. The molecule has 1 fully saturated rings. The monoisotopic (exact) mass is 211 g/mol. The molecule has 1 aromatic heterocycles. The molecule has 82 valence electrons. The van der Waals surface area contributed by atoms with Crippen molar-refractivity contribution in [1.29, 1.82) is 0 Å². The first-order chi connectivity index (χ1) is 7.25. The second-order valence-corrected chi connectivity index (χ2v) is 3.60. The van der Waals surface area contributed by atoms with E-state index in [0.717, 1.165) is 25.9 Å². The lowest BCUT2D eigenvalue weighted by Crippen LogP contribution is -2.29. The third-order valence-corrected chi connectivity index (χ3v) is 2.39. The fourth-order valence-electron chi connectivity index (χ4n) is 1.66. The zero-order chi connectivity index (χ0) is 10.7. The third-order valence-electron chi connectivity index (χ3n) is 2.39. The third kappa shape index (κ3) is 2.45. The molecule has 1 aliphatic heterocycles. The predicted octanol–water partition coefficient (Wildman–Crippen LogP) is 0.687. The van der Waals surface area contributed by atoms with Gasteiger partial charge in [-0.25, -0.2) is 0 Å². The second-order valence-electron chi connectivity index (χ2n) is 3.60. The van der Waals surface area contributed by atoms with E-state index >= 15 is 0 Å². The molecule has 0 atom stereocenters. The standard InChI is InChI=1S/C9H13N3O3/c13-8(14)6-7-10-11-9(15-7)12-4-2-1-3-5-12/h1-6H2,(H,13,14). The fourth-order valence-corrected chi connectivity index (χ4v) is 1.66. The summed E-state index contributed by atoms with van der Waals surface area (Å²) in [4.78, 5) is 12.4. The summed E-state index contributed by atoms with van der Waals surface area (Å²) >= 11 is 0. The number of aromatic nitrogens is 2. The Morgan fingerprint density at radius 3 is 2.73 bits per heavy atom. The van der Waals surface area contributed by atoms with Crippen molar-refractivity contribution >= 4 is 12.0 Å². The van der Waals surface area contributed by atoms with Crippen LogP contribution in [0.2, 0.25) is 0 Å². The molecule has 6 heteroatoms. The van der Waals surface area contributed by atoms with Crippen LogP contribution < -0.4 is 4.90 Å². The number of piperidine rings is 1. The minimum atomic E-state index is -0.955. The van der Waals surface area contributed by atoms with Gasteiger partial charge in [0.15, 0.2) is 0 Å². The molecular formula is C9H13N3O3. The van der Waals surface area contributed by atoms with Gasteiger partial charge in [0.05, 0.1) is 0 Å². The van der Waals surface area contributed by atoms with Crippen LogP contribution in [0.1, 0.15) is 25.2 Å². The van der Waals surface area contributed by atoms with Crippen molar-refractivity contribution in [3.63, 3.8) is 0 Å². The van der Waals surface area contributed by atoms with E-state index in [2.05, 4.69) is 10.2 Å². The lowest BCUT2D eigenvalue weighted by Gasteiger charge is -2.24. The number of carbonyl (C=O) groups is 1. The molecule has 1 N–H and O–H groups in total. The molecule has 6 nitrogen and oxygen atoms in total. The number of nitrogens with zero attached hydrogens (tertiary/aromatic N) is 3. The van der Waals surface area contributed by atoms with E-state index in [0.29, 0.717) is 6.01 Å². The van der Waals surface area contributed by atoms with Crippen LogP contribution in [0.25, 0.3) is 0 Å². The Morgan fingerprint density at radius 1 is 1.33 bits per heavy atom. The van der Waals surface area contributed by atoms with Crippen LogP contribution in [-0.2, 0) is 11.2 Å².